The number of aromatic nitrogens is 3. The standard InChI is InChI=1S/C23H21ClN4O2S/c1-13-7-9-16(10-8-13)11-19-14(2)27-28(22(19)30)23-25-15(3)20(31-23)21(29)26-18-6-4-5-17(24)12-18/h4-10,12,27H,11H2,1-3H3,(H,26,29). The highest BCUT2D eigenvalue weighted by Crippen LogP contribution is 2.23. The first-order valence-corrected chi connectivity index (χ1v) is 10.9. The van der Waals surface area contributed by atoms with Gasteiger partial charge in [0.1, 0.15) is 4.88 Å². The van der Waals surface area contributed by atoms with Crippen molar-refractivity contribution in [1.82, 2.24) is 14.8 Å². The number of amides is 1. The monoisotopic (exact) mass is 452 g/mol. The molecule has 2 aromatic heterocycles. The number of rotatable bonds is 5. The van der Waals surface area contributed by atoms with E-state index in [-0.39, 0.29) is 11.5 Å². The lowest BCUT2D eigenvalue weighted by molar-refractivity contribution is 0.103. The van der Waals surface area contributed by atoms with Gasteiger partial charge >= 0.3 is 0 Å². The minimum Gasteiger partial charge on any atom is -0.321 e. The summed E-state index contributed by atoms with van der Waals surface area (Å²) in [6.45, 7) is 5.65. The number of thiazole rings is 1. The molecule has 0 aliphatic carbocycles. The predicted octanol–water partition coefficient (Wildman–Crippen LogP) is 5.04. The Morgan fingerprint density at radius 1 is 1.16 bits per heavy atom. The molecule has 158 valence electrons. The van der Waals surface area contributed by atoms with Crippen molar-refractivity contribution >= 4 is 34.5 Å². The predicted molar refractivity (Wildman–Crippen MR) is 125 cm³/mol. The number of carbonyl (C=O) groups excluding carboxylic acids is 1. The average molecular weight is 453 g/mol. The van der Waals surface area contributed by atoms with Crippen LogP contribution in [-0.2, 0) is 6.42 Å². The topological polar surface area (TPSA) is 79.8 Å². The van der Waals surface area contributed by atoms with Crippen molar-refractivity contribution in [1.29, 1.82) is 0 Å². The van der Waals surface area contributed by atoms with Gasteiger partial charge in [0.2, 0.25) is 5.13 Å². The van der Waals surface area contributed by atoms with Gasteiger partial charge in [0, 0.05) is 28.4 Å². The molecule has 0 spiro atoms. The van der Waals surface area contributed by atoms with Crippen molar-refractivity contribution in [3.05, 3.63) is 96.9 Å². The summed E-state index contributed by atoms with van der Waals surface area (Å²) < 4.78 is 1.41. The molecule has 0 saturated heterocycles. The molecule has 0 aliphatic rings. The molecule has 4 aromatic rings. The molecule has 0 radical (unpaired) electrons. The molecule has 0 bridgehead atoms. The highest BCUT2D eigenvalue weighted by Gasteiger charge is 2.20. The third-order valence-corrected chi connectivity index (χ3v) is 6.34. The summed E-state index contributed by atoms with van der Waals surface area (Å²) in [5, 5.41) is 6.89. The van der Waals surface area contributed by atoms with Crippen molar-refractivity contribution in [2.45, 2.75) is 27.2 Å². The summed E-state index contributed by atoms with van der Waals surface area (Å²) in [5.74, 6) is -0.292. The zero-order chi connectivity index (χ0) is 22.1. The van der Waals surface area contributed by atoms with Gasteiger partial charge in [0.15, 0.2) is 0 Å². The Morgan fingerprint density at radius 3 is 2.61 bits per heavy atom. The van der Waals surface area contributed by atoms with Crippen molar-refractivity contribution in [2.24, 2.45) is 0 Å². The molecule has 0 unspecified atom stereocenters. The maximum Gasteiger partial charge on any atom is 0.277 e. The van der Waals surface area contributed by atoms with Gasteiger partial charge in [0.05, 0.1) is 5.69 Å². The minimum atomic E-state index is -0.292. The summed E-state index contributed by atoms with van der Waals surface area (Å²) in [6.07, 6.45) is 0.529. The smallest absolute Gasteiger partial charge is 0.277 e. The van der Waals surface area contributed by atoms with Crippen LogP contribution in [0.4, 0.5) is 5.69 Å². The molecular weight excluding hydrogens is 432 g/mol. The van der Waals surface area contributed by atoms with Crippen LogP contribution in [0.3, 0.4) is 0 Å². The highest BCUT2D eigenvalue weighted by molar-refractivity contribution is 7.16. The van der Waals surface area contributed by atoms with E-state index in [4.69, 9.17) is 11.6 Å². The largest absolute Gasteiger partial charge is 0.321 e. The van der Waals surface area contributed by atoms with Gasteiger partial charge in [-0.05, 0) is 44.5 Å². The molecule has 1 amide bonds. The summed E-state index contributed by atoms with van der Waals surface area (Å²) >= 11 is 7.15. The lowest BCUT2D eigenvalue weighted by Crippen LogP contribution is -2.17. The summed E-state index contributed by atoms with van der Waals surface area (Å²) in [4.78, 5) is 30.7. The molecule has 0 saturated carbocycles. The Bertz CT molecular complexity index is 1320. The molecule has 2 aromatic carbocycles. The second-order valence-corrected chi connectivity index (χ2v) is 8.81. The van der Waals surface area contributed by atoms with Gasteiger partial charge in [-0.1, -0.05) is 58.8 Å². The van der Waals surface area contributed by atoms with Crippen LogP contribution in [0.1, 0.15) is 37.7 Å². The van der Waals surface area contributed by atoms with Crippen LogP contribution in [0.15, 0.2) is 53.3 Å². The van der Waals surface area contributed by atoms with E-state index in [1.807, 2.05) is 38.1 Å². The number of anilines is 1. The molecule has 2 N–H and O–H groups in total. The quantitative estimate of drug-likeness (QED) is 0.445. The van der Waals surface area contributed by atoms with Gasteiger partial charge < -0.3 is 5.32 Å². The number of nitrogens with zero attached hydrogens (tertiary/aromatic N) is 2. The van der Waals surface area contributed by atoms with Crippen LogP contribution in [0, 0.1) is 20.8 Å². The number of nitrogens with one attached hydrogen (secondary N) is 2. The SMILES string of the molecule is Cc1ccc(Cc2c(C)[nH]n(-c3nc(C)c(C(=O)Nc4cccc(Cl)c4)s3)c2=O)cc1. The van der Waals surface area contributed by atoms with Crippen LogP contribution < -0.4 is 10.9 Å². The first-order chi connectivity index (χ1) is 14.8. The second-order valence-electron chi connectivity index (χ2n) is 7.39. The maximum atomic E-state index is 13.1. The van der Waals surface area contributed by atoms with E-state index in [1.54, 1.807) is 31.2 Å². The van der Waals surface area contributed by atoms with E-state index in [0.29, 0.717) is 38.4 Å². The number of aromatic amines is 1. The van der Waals surface area contributed by atoms with Crippen molar-refractivity contribution in [2.75, 3.05) is 5.32 Å². The Balaban J connectivity index is 1.61. The van der Waals surface area contributed by atoms with Crippen LogP contribution >= 0.6 is 22.9 Å². The first-order valence-electron chi connectivity index (χ1n) is 9.72. The molecule has 4 rings (SSSR count). The highest BCUT2D eigenvalue weighted by atomic mass is 35.5. The Labute approximate surface area is 188 Å². The zero-order valence-electron chi connectivity index (χ0n) is 17.3. The number of halogens is 1. The minimum absolute atomic E-state index is 0.159. The first kappa shape index (κ1) is 21.1. The van der Waals surface area contributed by atoms with Crippen LogP contribution in [0.5, 0.6) is 0 Å². The molecule has 31 heavy (non-hydrogen) atoms. The van der Waals surface area contributed by atoms with Gasteiger partial charge in [-0.2, -0.15) is 4.68 Å². The lowest BCUT2D eigenvalue weighted by Gasteiger charge is -2.03. The molecule has 0 fully saturated rings. The van der Waals surface area contributed by atoms with Gasteiger partial charge in [-0.15, -0.1) is 0 Å². The second kappa shape index (κ2) is 8.53. The maximum absolute atomic E-state index is 13.1. The Hall–Kier alpha value is -3.16. The third-order valence-electron chi connectivity index (χ3n) is 4.96. The third kappa shape index (κ3) is 4.47. The van der Waals surface area contributed by atoms with Gasteiger partial charge in [0.25, 0.3) is 11.5 Å². The number of carbonyl (C=O) groups is 1. The fourth-order valence-corrected chi connectivity index (χ4v) is 4.39. The van der Waals surface area contributed by atoms with E-state index in [1.165, 1.54) is 10.2 Å². The normalized spacial score (nSPS) is 11.0. The summed E-state index contributed by atoms with van der Waals surface area (Å²) in [7, 11) is 0. The number of benzene rings is 2. The zero-order valence-corrected chi connectivity index (χ0v) is 18.9. The van der Waals surface area contributed by atoms with Crippen molar-refractivity contribution < 1.29 is 4.79 Å². The number of hydrogen-bond donors (Lipinski definition) is 2. The lowest BCUT2D eigenvalue weighted by atomic mass is 10.0. The van der Waals surface area contributed by atoms with E-state index >= 15 is 0 Å². The molecule has 0 aliphatic heterocycles. The van der Waals surface area contributed by atoms with E-state index in [0.717, 1.165) is 22.6 Å². The van der Waals surface area contributed by atoms with Crippen LogP contribution in [0.2, 0.25) is 5.02 Å². The molecule has 0 atom stereocenters. The molecule has 8 heteroatoms. The van der Waals surface area contributed by atoms with Crippen LogP contribution in [-0.4, -0.2) is 20.7 Å². The van der Waals surface area contributed by atoms with E-state index in [2.05, 4.69) is 15.4 Å². The fraction of sp³-hybridized carbons (Fsp3) is 0.174. The number of aryl methyl sites for hydroxylation is 3. The van der Waals surface area contributed by atoms with E-state index in [9.17, 15) is 9.59 Å². The van der Waals surface area contributed by atoms with Crippen molar-refractivity contribution in [3.8, 4) is 5.13 Å². The molecular formula is C23H21ClN4O2S. The average Bonchev–Trinajstić information content (AvgIpc) is 3.24. The summed E-state index contributed by atoms with van der Waals surface area (Å²) in [5.41, 5.74) is 4.69. The molecule has 2 heterocycles. The van der Waals surface area contributed by atoms with Gasteiger partial charge in [-0.25, -0.2) is 4.98 Å². The Morgan fingerprint density at radius 2 is 1.90 bits per heavy atom. The van der Waals surface area contributed by atoms with E-state index < -0.39 is 0 Å². The fourth-order valence-electron chi connectivity index (χ4n) is 3.28. The number of hydrogen-bond acceptors (Lipinski definition) is 4. The van der Waals surface area contributed by atoms with Gasteiger partial charge in [-0.3, -0.25) is 14.7 Å². The Kier molecular flexibility index (Phi) is 5.80. The van der Waals surface area contributed by atoms with Crippen molar-refractivity contribution in [3.63, 3.8) is 0 Å². The summed E-state index contributed by atoms with van der Waals surface area (Å²) in [6, 6.07) is 15.1. The molecule has 6 nitrogen and oxygen atoms in total. The number of H-pyrrole nitrogens is 1. The van der Waals surface area contributed by atoms with Crippen LogP contribution in [0.25, 0.3) is 5.13 Å².